The maximum absolute atomic E-state index is 2.42. The molecule has 0 saturated heterocycles. The Bertz CT molecular complexity index is 1680. The van der Waals surface area contributed by atoms with Gasteiger partial charge in [-0.2, -0.15) is 0 Å². The molecule has 0 spiro atoms. The molecule has 7 rings (SSSR count). The number of aryl methyl sites for hydroxylation is 1. The minimum atomic E-state index is 1.02. The SMILES string of the molecule is Cc1ccc(-c2ccc3c(c2)-c2cc(-c4cccc5c4sc4ccccc45)ccc2C3)cc1. The molecule has 0 unspecified atom stereocenters. The predicted molar refractivity (Wildman–Crippen MR) is 143 cm³/mol. The van der Waals surface area contributed by atoms with Crippen molar-refractivity contribution in [2.24, 2.45) is 0 Å². The van der Waals surface area contributed by atoms with Gasteiger partial charge in [0.1, 0.15) is 0 Å². The summed E-state index contributed by atoms with van der Waals surface area (Å²) in [7, 11) is 0. The molecule has 1 heteroatoms. The van der Waals surface area contributed by atoms with Crippen molar-refractivity contribution in [1.82, 2.24) is 0 Å². The summed E-state index contributed by atoms with van der Waals surface area (Å²) in [6.45, 7) is 2.14. The van der Waals surface area contributed by atoms with Crippen LogP contribution in [0.2, 0.25) is 0 Å². The van der Waals surface area contributed by atoms with Gasteiger partial charge in [0, 0.05) is 20.2 Å². The average molecular weight is 439 g/mol. The van der Waals surface area contributed by atoms with Crippen molar-refractivity contribution in [2.45, 2.75) is 13.3 Å². The molecule has 6 aromatic rings. The van der Waals surface area contributed by atoms with Crippen LogP contribution in [0.25, 0.3) is 53.6 Å². The number of hydrogen-bond acceptors (Lipinski definition) is 1. The van der Waals surface area contributed by atoms with E-state index in [0.717, 1.165) is 6.42 Å². The fourth-order valence-electron chi connectivity index (χ4n) is 5.24. The Balaban J connectivity index is 1.38. The monoisotopic (exact) mass is 438 g/mol. The van der Waals surface area contributed by atoms with E-state index in [9.17, 15) is 0 Å². The van der Waals surface area contributed by atoms with Gasteiger partial charge in [0.25, 0.3) is 0 Å². The Morgan fingerprint density at radius 1 is 0.545 bits per heavy atom. The number of rotatable bonds is 2. The van der Waals surface area contributed by atoms with Crippen LogP contribution in [0.1, 0.15) is 16.7 Å². The largest absolute Gasteiger partial charge is 0.135 e. The first kappa shape index (κ1) is 18.8. The first-order valence-electron chi connectivity index (χ1n) is 11.5. The second-order valence-electron chi connectivity index (χ2n) is 9.07. The van der Waals surface area contributed by atoms with Crippen LogP contribution >= 0.6 is 11.3 Å². The molecule has 0 atom stereocenters. The molecule has 0 N–H and O–H groups in total. The zero-order chi connectivity index (χ0) is 21.9. The Morgan fingerprint density at radius 3 is 2.03 bits per heavy atom. The van der Waals surface area contributed by atoms with Gasteiger partial charge in [0.15, 0.2) is 0 Å². The molecule has 0 saturated carbocycles. The van der Waals surface area contributed by atoms with Crippen LogP contribution in [0.4, 0.5) is 0 Å². The summed E-state index contributed by atoms with van der Waals surface area (Å²) >= 11 is 1.90. The predicted octanol–water partition coefficient (Wildman–Crippen LogP) is 9.27. The van der Waals surface area contributed by atoms with E-state index >= 15 is 0 Å². The summed E-state index contributed by atoms with van der Waals surface area (Å²) in [4.78, 5) is 0. The van der Waals surface area contributed by atoms with Crippen LogP contribution in [0.5, 0.6) is 0 Å². The molecule has 33 heavy (non-hydrogen) atoms. The summed E-state index contributed by atoms with van der Waals surface area (Å²) in [5, 5.41) is 2.71. The third kappa shape index (κ3) is 2.97. The van der Waals surface area contributed by atoms with Gasteiger partial charge in [0.2, 0.25) is 0 Å². The Kier molecular flexibility index (Phi) is 4.09. The summed E-state index contributed by atoms with van der Waals surface area (Å²) in [6.07, 6.45) is 1.02. The molecule has 1 aliphatic carbocycles. The molecule has 0 bridgehead atoms. The van der Waals surface area contributed by atoms with Crippen LogP contribution < -0.4 is 0 Å². The second-order valence-corrected chi connectivity index (χ2v) is 10.1. The van der Waals surface area contributed by atoms with Gasteiger partial charge < -0.3 is 0 Å². The van der Waals surface area contributed by atoms with E-state index < -0.39 is 0 Å². The third-order valence-electron chi connectivity index (χ3n) is 6.99. The molecule has 1 aliphatic rings. The second kappa shape index (κ2) is 7.16. The summed E-state index contributed by atoms with van der Waals surface area (Å²) < 4.78 is 2.74. The minimum Gasteiger partial charge on any atom is -0.135 e. The van der Waals surface area contributed by atoms with Gasteiger partial charge in [-0.25, -0.2) is 0 Å². The van der Waals surface area contributed by atoms with Crippen molar-refractivity contribution >= 4 is 31.5 Å². The molecular weight excluding hydrogens is 416 g/mol. The first-order valence-corrected chi connectivity index (χ1v) is 12.3. The Morgan fingerprint density at radius 2 is 1.21 bits per heavy atom. The van der Waals surface area contributed by atoms with E-state index in [-0.39, 0.29) is 0 Å². The molecule has 156 valence electrons. The molecular formula is C32H22S. The highest BCUT2D eigenvalue weighted by Crippen LogP contribution is 2.44. The standard InChI is InChI=1S/C32H22S/c1-20-9-11-21(12-10-20)22-13-14-23-17-24-15-16-25(19-30(24)29(23)18-22)26-6-4-7-28-27-5-2-3-8-31(27)33-32(26)28/h2-16,18-19H,17H2,1H3. The van der Waals surface area contributed by atoms with E-state index in [4.69, 9.17) is 0 Å². The van der Waals surface area contributed by atoms with E-state index in [1.165, 1.54) is 70.2 Å². The molecule has 0 amide bonds. The fraction of sp³-hybridized carbons (Fsp3) is 0.0625. The zero-order valence-corrected chi connectivity index (χ0v) is 19.2. The normalized spacial score (nSPS) is 12.3. The van der Waals surface area contributed by atoms with Gasteiger partial charge in [-0.3, -0.25) is 0 Å². The Labute approximate surface area is 197 Å². The molecule has 0 fully saturated rings. The van der Waals surface area contributed by atoms with Crippen molar-refractivity contribution in [3.05, 3.63) is 120 Å². The van der Waals surface area contributed by atoms with Gasteiger partial charge in [-0.15, -0.1) is 11.3 Å². The quantitative estimate of drug-likeness (QED) is 0.252. The third-order valence-corrected chi connectivity index (χ3v) is 8.21. The zero-order valence-electron chi connectivity index (χ0n) is 18.4. The van der Waals surface area contributed by atoms with Crippen LogP contribution in [0, 0.1) is 6.92 Å². The van der Waals surface area contributed by atoms with E-state index in [0.29, 0.717) is 0 Å². The van der Waals surface area contributed by atoms with Crippen molar-refractivity contribution in [1.29, 1.82) is 0 Å². The smallest absolute Gasteiger partial charge is 0.0433 e. The van der Waals surface area contributed by atoms with Gasteiger partial charge >= 0.3 is 0 Å². The molecule has 0 radical (unpaired) electrons. The summed E-state index contributed by atoms with van der Waals surface area (Å²) in [5.74, 6) is 0. The molecule has 1 heterocycles. The average Bonchev–Trinajstić information content (AvgIpc) is 3.42. The van der Waals surface area contributed by atoms with Crippen molar-refractivity contribution in [3.63, 3.8) is 0 Å². The Hall–Kier alpha value is -3.68. The van der Waals surface area contributed by atoms with Gasteiger partial charge in [-0.05, 0) is 76.1 Å². The van der Waals surface area contributed by atoms with E-state index in [1.54, 1.807) is 0 Å². The van der Waals surface area contributed by atoms with Crippen molar-refractivity contribution < 1.29 is 0 Å². The number of hydrogen-bond donors (Lipinski definition) is 0. The number of fused-ring (bicyclic) bond motifs is 6. The van der Waals surface area contributed by atoms with Crippen LogP contribution in [-0.4, -0.2) is 0 Å². The lowest BCUT2D eigenvalue weighted by Gasteiger charge is -2.09. The fourth-order valence-corrected chi connectivity index (χ4v) is 6.47. The molecule has 1 aromatic heterocycles. The highest BCUT2D eigenvalue weighted by atomic mass is 32.1. The molecule has 0 aliphatic heterocycles. The van der Waals surface area contributed by atoms with Crippen molar-refractivity contribution in [2.75, 3.05) is 0 Å². The van der Waals surface area contributed by atoms with E-state index in [1.807, 2.05) is 11.3 Å². The van der Waals surface area contributed by atoms with Crippen LogP contribution in [-0.2, 0) is 6.42 Å². The lowest BCUT2D eigenvalue weighted by atomic mass is 9.95. The van der Waals surface area contributed by atoms with Gasteiger partial charge in [0.05, 0.1) is 0 Å². The highest BCUT2D eigenvalue weighted by Gasteiger charge is 2.20. The summed E-state index contributed by atoms with van der Waals surface area (Å²) in [6, 6.07) is 38.4. The molecule has 0 nitrogen and oxygen atoms in total. The maximum atomic E-state index is 2.42. The van der Waals surface area contributed by atoms with Crippen molar-refractivity contribution in [3.8, 4) is 33.4 Å². The topological polar surface area (TPSA) is 0 Å². The maximum Gasteiger partial charge on any atom is 0.0433 e. The number of thiophene rings is 1. The minimum absolute atomic E-state index is 1.02. The highest BCUT2D eigenvalue weighted by molar-refractivity contribution is 7.26. The van der Waals surface area contributed by atoms with Gasteiger partial charge in [-0.1, -0.05) is 90.5 Å². The lowest BCUT2D eigenvalue weighted by Crippen LogP contribution is -1.84. The van der Waals surface area contributed by atoms with Crippen LogP contribution in [0.3, 0.4) is 0 Å². The lowest BCUT2D eigenvalue weighted by molar-refractivity contribution is 1.26. The van der Waals surface area contributed by atoms with E-state index in [2.05, 4.69) is 110 Å². The number of benzene rings is 5. The summed E-state index contributed by atoms with van der Waals surface area (Å²) in [5.41, 5.74) is 12.1. The molecule has 5 aromatic carbocycles. The first-order chi connectivity index (χ1) is 16.2. The van der Waals surface area contributed by atoms with Crippen LogP contribution in [0.15, 0.2) is 103 Å².